The molecule has 2 aromatic carbocycles. The largest absolute Gasteiger partial charge is 0.497 e. The molecular weight excluding hydrogens is 539 g/mol. The highest BCUT2D eigenvalue weighted by Crippen LogP contribution is 2.22. The number of rotatable bonds is 8. The number of nitrogens with one attached hydrogen (secondary N) is 1. The van der Waals surface area contributed by atoms with Gasteiger partial charge in [-0.3, -0.25) is 4.99 Å². The summed E-state index contributed by atoms with van der Waals surface area (Å²) in [5.41, 5.74) is 1.99. The Morgan fingerprint density at radius 2 is 1.78 bits per heavy atom. The molecule has 1 heterocycles. The highest BCUT2D eigenvalue weighted by atomic mass is 127. The Labute approximate surface area is 208 Å². The van der Waals surface area contributed by atoms with Crippen molar-refractivity contribution >= 4 is 45.5 Å². The molecule has 0 aliphatic carbocycles. The SMILES string of the molecule is CN=C(NCCCS(=O)(=O)Cc1ccccc1)N1CCN(c2cccc(OC)c2)CC1.I. The molecule has 0 unspecified atom stereocenters. The van der Waals surface area contributed by atoms with Crippen molar-refractivity contribution in [3.8, 4) is 5.75 Å². The third-order valence-electron chi connectivity index (χ3n) is 5.35. The fourth-order valence-electron chi connectivity index (χ4n) is 3.71. The maximum Gasteiger partial charge on any atom is 0.193 e. The van der Waals surface area contributed by atoms with Crippen LogP contribution in [0.5, 0.6) is 5.75 Å². The van der Waals surface area contributed by atoms with Gasteiger partial charge in [-0.1, -0.05) is 36.4 Å². The number of piperazine rings is 1. The number of nitrogens with zero attached hydrogens (tertiary/aromatic N) is 3. The Morgan fingerprint density at radius 1 is 1.06 bits per heavy atom. The lowest BCUT2D eigenvalue weighted by atomic mass is 10.2. The monoisotopic (exact) mass is 572 g/mol. The molecule has 1 aliphatic rings. The zero-order valence-electron chi connectivity index (χ0n) is 18.7. The molecule has 7 nitrogen and oxygen atoms in total. The molecule has 0 saturated carbocycles. The molecule has 0 spiro atoms. The lowest BCUT2D eigenvalue weighted by molar-refractivity contribution is 0.372. The molecule has 1 saturated heterocycles. The van der Waals surface area contributed by atoms with Crippen LogP contribution in [-0.4, -0.2) is 71.9 Å². The van der Waals surface area contributed by atoms with Gasteiger partial charge in [-0.05, 0) is 24.1 Å². The van der Waals surface area contributed by atoms with E-state index in [1.165, 1.54) is 0 Å². The van der Waals surface area contributed by atoms with Crippen LogP contribution in [0.1, 0.15) is 12.0 Å². The van der Waals surface area contributed by atoms with Crippen LogP contribution in [-0.2, 0) is 15.6 Å². The molecule has 0 radical (unpaired) electrons. The van der Waals surface area contributed by atoms with Crippen LogP contribution >= 0.6 is 24.0 Å². The lowest BCUT2D eigenvalue weighted by Gasteiger charge is -2.37. The smallest absolute Gasteiger partial charge is 0.193 e. The van der Waals surface area contributed by atoms with Gasteiger partial charge in [-0.25, -0.2) is 8.42 Å². The number of anilines is 1. The molecule has 0 bridgehead atoms. The normalized spacial score (nSPS) is 14.6. The van der Waals surface area contributed by atoms with E-state index in [9.17, 15) is 8.42 Å². The second-order valence-corrected chi connectivity index (χ2v) is 9.76. The van der Waals surface area contributed by atoms with E-state index in [0.717, 1.165) is 49.1 Å². The fraction of sp³-hybridized carbons (Fsp3) is 0.435. The second-order valence-electron chi connectivity index (χ2n) is 7.58. The van der Waals surface area contributed by atoms with Gasteiger partial charge in [0.2, 0.25) is 0 Å². The average Bonchev–Trinajstić information content (AvgIpc) is 2.80. The Morgan fingerprint density at radius 3 is 2.44 bits per heavy atom. The number of methoxy groups -OCH3 is 1. The average molecular weight is 573 g/mol. The van der Waals surface area contributed by atoms with Gasteiger partial charge >= 0.3 is 0 Å². The molecule has 0 amide bonds. The standard InChI is InChI=1S/C23H32N4O3S.HI/c1-24-23(25-12-7-17-31(28,29)19-20-8-4-3-5-9-20)27-15-13-26(14-16-27)21-10-6-11-22(18-21)30-2;/h3-6,8-11,18H,7,12-17,19H2,1-2H3,(H,24,25);1H. The summed E-state index contributed by atoms with van der Waals surface area (Å²) in [5.74, 6) is 1.94. The molecule has 2 aromatic rings. The topological polar surface area (TPSA) is 74.2 Å². The Bertz CT molecular complexity index is 962. The third kappa shape index (κ3) is 7.84. The van der Waals surface area contributed by atoms with Gasteiger partial charge in [0.05, 0.1) is 18.6 Å². The summed E-state index contributed by atoms with van der Waals surface area (Å²) in [4.78, 5) is 8.94. The number of hydrogen-bond acceptors (Lipinski definition) is 5. The maximum atomic E-state index is 12.3. The van der Waals surface area contributed by atoms with Crippen molar-refractivity contribution in [1.29, 1.82) is 0 Å². The first kappa shape index (κ1) is 26.2. The summed E-state index contributed by atoms with van der Waals surface area (Å²) in [7, 11) is 0.329. The molecule has 1 fully saturated rings. The predicted octanol–water partition coefficient (Wildman–Crippen LogP) is 3.02. The summed E-state index contributed by atoms with van der Waals surface area (Å²) in [5, 5.41) is 3.32. The van der Waals surface area contributed by atoms with Crippen molar-refractivity contribution in [3.63, 3.8) is 0 Å². The number of ether oxygens (including phenoxy) is 1. The first-order valence-corrected chi connectivity index (χ1v) is 12.4. The molecule has 1 N–H and O–H groups in total. The minimum absolute atomic E-state index is 0. The highest BCUT2D eigenvalue weighted by Gasteiger charge is 2.20. The van der Waals surface area contributed by atoms with Crippen LogP contribution in [0, 0.1) is 0 Å². The van der Waals surface area contributed by atoms with E-state index >= 15 is 0 Å². The summed E-state index contributed by atoms with van der Waals surface area (Å²) < 4.78 is 30.0. The van der Waals surface area contributed by atoms with E-state index in [4.69, 9.17) is 4.74 Å². The fourth-order valence-corrected chi connectivity index (χ4v) is 5.14. The maximum absolute atomic E-state index is 12.3. The van der Waals surface area contributed by atoms with Gasteiger partial charge in [-0.15, -0.1) is 24.0 Å². The van der Waals surface area contributed by atoms with E-state index < -0.39 is 9.84 Å². The molecule has 32 heavy (non-hydrogen) atoms. The van der Waals surface area contributed by atoms with E-state index in [-0.39, 0.29) is 35.5 Å². The molecular formula is C23H33IN4O3S. The van der Waals surface area contributed by atoms with Crippen molar-refractivity contribution in [1.82, 2.24) is 10.2 Å². The first-order chi connectivity index (χ1) is 15.0. The number of guanidine groups is 1. The van der Waals surface area contributed by atoms with E-state index in [1.54, 1.807) is 14.2 Å². The Balaban J connectivity index is 0.00000363. The van der Waals surface area contributed by atoms with Crippen LogP contribution in [0.3, 0.4) is 0 Å². The summed E-state index contributed by atoms with van der Waals surface area (Å²) in [6, 6.07) is 17.4. The second kappa shape index (κ2) is 12.9. The lowest BCUT2D eigenvalue weighted by Crippen LogP contribution is -2.52. The van der Waals surface area contributed by atoms with Crippen LogP contribution < -0.4 is 15.0 Å². The van der Waals surface area contributed by atoms with Crippen LogP contribution in [0.25, 0.3) is 0 Å². The quantitative estimate of drug-likeness (QED) is 0.227. The van der Waals surface area contributed by atoms with Crippen molar-refractivity contribution in [2.75, 3.05) is 57.5 Å². The van der Waals surface area contributed by atoms with Crippen molar-refractivity contribution in [2.45, 2.75) is 12.2 Å². The van der Waals surface area contributed by atoms with Crippen LogP contribution in [0.4, 0.5) is 5.69 Å². The first-order valence-electron chi connectivity index (χ1n) is 10.6. The zero-order valence-corrected chi connectivity index (χ0v) is 21.9. The number of aliphatic imine (C=N–C) groups is 1. The summed E-state index contributed by atoms with van der Waals surface area (Å²) >= 11 is 0. The van der Waals surface area contributed by atoms with Crippen molar-refractivity contribution in [3.05, 3.63) is 60.2 Å². The van der Waals surface area contributed by atoms with Gasteiger partial charge in [0, 0.05) is 51.5 Å². The molecule has 0 aromatic heterocycles. The number of benzene rings is 2. The Kier molecular flexibility index (Phi) is 10.6. The minimum Gasteiger partial charge on any atom is -0.497 e. The number of halogens is 1. The number of hydrogen-bond donors (Lipinski definition) is 1. The summed E-state index contributed by atoms with van der Waals surface area (Å²) in [6.07, 6.45) is 0.554. The van der Waals surface area contributed by atoms with Gasteiger partial charge in [0.25, 0.3) is 0 Å². The Hall–Kier alpha value is -2.01. The van der Waals surface area contributed by atoms with Crippen LogP contribution in [0.15, 0.2) is 59.6 Å². The van der Waals surface area contributed by atoms with Gasteiger partial charge < -0.3 is 19.9 Å². The third-order valence-corrected chi connectivity index (χ3v) is 7.04. The van der Waals surface area contributed by atoms with E-state index in [2.05, 4.69) is 32.2 Å². The van der Waals surface area contributed by atoms with Crippen LogP contribution in [0.2, 0.25) is 0 Å². The van der Waals surface area contributed by atoms with Gasteiger partial charge in [0.15, 0.2) is 15.8 Å². The molecule has 3 rings (SSSR count). The zero-order chi connectivity index (χ0) is 22.1. The summed E-state index contributed by atoms with van der Waals surface area (Å²) in [6.45, 7) is 4.06. The molecule has 9 heteroatoms. The molecule has 0 atom stereocenters. The molecule has 1 aliphatic heterocycles. The minimum atomic E-state index is -3.12. The van der Waals surface area contributed by atoms with E-state index in [0.29, 0.717) is 13.0 Å². The predicted molar refractivity (Wildman–Crippen MR) is 142 cm³/mol. The van der Waals surface area contributed by atoms with Gasteiger partial charge in [-0.2, -0.15) is 0 Å². The van der Waals surface area contributed by atoms with E-state index in [1.807, 2.05) is 42.5 Å². The van der Waals surface area contributed by atoms with Crippen molar-refractivity contribution < 1.29 is 13.2 Å². The molecule has 176 valence electrons. The highest BCUT2D eigenvalue weighted by molar-refractivity contribution is 14.0. The van der Waals surface area contributed by atoms with Crippen molar-refractivity contribution in [2.24, 2.45) is 4.99 Å². The number of sulfone groups is 1. The van der Waals surface area contributed by atoms with Gasteiger partial charge in [0.1, 0.15) is 5.75 Å².